The van der Waals surface area contributed by atoms with Gasteiger partial charge in [0.25, 0.3) is 0 Å². The first-order valence-electron chi connectivity index (χ1n) is 6.34. The van der Waals surface area contributed by atoms with Crippen LogP contribution in [0.2, 0.25) is 0 Å². The van der Waals surface area contributed by atoms with Crippen molar-refractivity contribution in [2.45, 2.75) is 38.5 Å². The van der Waals surface area contributed by atoms with Gasteiger partial charge < -0.3 is 10.6 Å². The quantitative estimate of drug-likeness (QED) is 0.649. The Morgan fingerprint density at radius 3 is 2.80 bits per heavy atom. The molecule has 0 spiro atoms. The van der Waals surface area contributed by atoms with Crippen LogP contribution in [0.25, 0.3) is 0 Å². The Hall–Kier alpha value is -0.570. The van der Waals surface area contributed by atoms with Crippen molar-refractivity contribution >= 4 is 5.91 Å². The Balaban J connectivity index is 1.42. The van der Waals surface area contributed by atoms with Gasteiger partial charge >= 0.3 is 0 Å². The van der Waals surface area contributed by atoms with Crippen LogP contribution in [-0.4, -0.2) is 25.5 Å². The first-order valence-corrected chi connectivity index (χ1v) is 6.34. The van der Waals surface area contributed by atoms with Crippen LogP contribution in [0.5, 0.6) is 0 Å². The maximum atomic E-state index is 11.3. The lowest BCUT2D eigenvalue weighted by molar-refractivity contribution is -0.122. The van der Waals surface area contributed by atoms with E-state index >= 15 is 0 Å². The van der Waals surface area contributed by atoms with Gasteiger partial charge in [-0.2, -0.15) is 0 Å². The van der Waals surface area contributed by atoms with Gasteiger partial charge in [-0.25, -0.2) is 0 Å². The molecule has 1 aliphatic carbocycles. The summed E-state index contributed by atoms with van der Waals surface area (Å²) >= 11 is 0. The van der Waals surface area contributed by atoms with Gasteiger partial charge in [0.15, 0.2) is 0 Å². The maximum absolute atomic E-state index is 11.3. The highest BCUT2D eigenvalue weighted by Gasteiger charge is 2.28. The molecule has 2 aliphatic rings. The monoisotopic (exact) mass is 210 g/mol. The second-order valence-corrected chi connectivity index (χ2v) is 4.92. The van der Waals surface area contributed by atoms with Crippen molar-refractivity contribution in [2.24, 2.45) is 11.8 Å². The van der Waals surface area contributed by atoms with Gasteiger partial charge in [-0.05, 0) is 51.1 Å². The zero-order valence-corrected chi connectivity index (χ0v) is 9.43. The number of carbonyl (C=O) groups excluding carboxylic acids is 1. The molecule has 0 aromatic carbocycles. The molecule has 0 bridgehead atoms. The van der Waals surface area contributed by atoms with Crippen LogP contribution in [0, 0.1) is 11.8 Å². The Morgan fingerprint density at radius 2 is 2.13 bits per heavy atom. The third-order valence-corrected chi connectivity index (χ3v) is 3.45. The van der Waals surface area contributed by atoms with Crippen molar-refractivity contribution in [3.8, 4) is 0 Å². The van der Waals surface area contributed by atoms with E-state index in [-0.39, 0.29) is 5.91 Å². The molecule has 2 N–H and O–H groups in total. The molecule has 0 aromatic rings. The topological polar surface area (TPSA) is 41.1 Å². The summed E-state index contributed by atoms with van der Waals surface area (Å²) in [6.07, 6.45) is 7.30. The Labute approximate surface area is 92.0 Å². The normalized spacial score (nSPS) is 25.5. The van der Waals surface area contributed by atoms with E-state index in [9.17, 15) is 4.79 Å². The number of rotatable bonds is 6. The average Bonchev–Trinajstić information content (AvgIpc) is 2.97. The lowest BCUT2D eigenvalue weighted by atomic mass is 10.0. The van der Waals surface area contributed by atoms with Crippen LogP contribution in [0.1, 0.15) is 38.5 Å². The van der Waals surface area contributed by atoms with Crippen LogP contribution in [0.15, 0.2) is 0 Å². The second kappa shape index (κ2) is 5.50. The summed E-state index contributed by atoms with van der Waals surface area (Å²) in [4.78, 5) is 11.3. The minimum Gasteiger partial charge on any atom is -0.356 e. The molecule has 1 saturated carbocycles. The largest absolute Gasteiger partial charge is 0.356 e. The third-order valence-electron chi connectivity index (χ3n) is 3.45. The molecule has 1 atom stereocenters. The van der Waals surface area contributed by atoms with E-state index < -0.39 is 0 Å². The predicted molar refractivity (Wildman–Crippen MR) is 60.6 cm³/mol. The summed E-state index contributed by atoms with van der Waals surface area (Å²) < 4.78 is 0. The van der Waals surface area contributed by atoms with Crippen molar-refractivity contribution < 1.29 is 4.79 Å². The van der Waals surface area contributed by atoms with Gasteiger partial charge in [-0.1, -0.05) is 6.42 Å². The number of hydrogen-bond donors (Lipinski definition) is 2. The average molecular weight is 210 g/mol. The number of amides is 1. The maximum Gasteiger partial charge on any atom is 0.223 e. The van der Waals surface area contributed by atoms with Crippen molar-refractivity contribution in [1.29, 1.82) is 0 Å². The van der Waals surface area contributed by atoms with Crippen molar-refractivity contribution in [3.05, 3.63) is 0 Å². The van der Waals surface area contributed by atoms with E-state index in [4.69, 9.17) is 0 Å². The minimum absolute atomic E-state index is 0.289. The highest BCUT2D eigenvalue weighted by atomic mass is 16.2. The molecule has 1 aliphatic heterocycles. The van der Waals surface area contributed by atoms with E-state index in [2.05, 4.69) is 10.6 Å². The van der Waals surface area contributed by atoms with Crippen molar-refractivity contribution in [3.63, 3.8) is 0 Å². The van der Waals surface area contributed by atoms with Gasteiger partial charge in [0.2, 0.25) is 5.91 Å². The molecule has 3 nitrogen and oxygen atoms in total. The van der Waals surface area contributed by atoms with Gasteiger partial charge in [0.05, 0.1) is 0 Å². The lowest BCUT2D eigenvalue weighted by Gasteiger charge is -2.08. The summed E-state index contributed by atoms with van der Waals surface area (Å²) in [5, 5.41) is 6.40. The molecule has 15 heavy (non-hydrogen) atoms. The smallest absolute Gasteiger partial charge is 0.223 e. The lowest BCUT2D eigenvalue weighted by Crippen LogP contribution is -2.25. The van der Waals surface area contributed by atoms with Gasteiger partial charge in [-0.15, -0.1) is 0 Å². The Morgan fingerprint density at radius 1 is 1.27 bits per heavy atom. The van der Waals surface area contributed by atoms with E-state index in [1.54, 1.807) is 0 Å². The molecule has 2 rings (SSSR count). The van der Waals surface area contributed by atoms with Crippen LogP contribution in [0.4, 0.5) is 0 Å². The van der Waals surface area contributed by atoms with Crippen LogP contribution in [0.3, 0.4) is 0 Å². The van der Waals surface area contributed by atoms with Crippen LogP contribution in [-0.2, 0) is 4.79 Å². The van der Waals surface area contributed by atoms with Crippen LogP contribution < -0.4 is 10.6 Å². The summed E-state index contributed by atoms with van der Waals surface area (Å²) in [6, 6.07) is 0. The Bertz CT molecular complexity index is 208. The highest BCUT2D eigenvalue weighted by molar-refractivity contribution is 5.80. The summed E-state index contributed by atoms with van der Waals surface area (Å²) in [7, 11) is 0. The van der Waals surface area contributed by atoms with Gasteiger partial charge in [0.1, 0.15) is 0 Å². The zero-order chi connectivity index (χ0) is 10.5. The molecule has 2 fully saturated rings. The molecule has 3 heteroatoms. The number of unbranched alkanes of at least 4 members (excludes halogenated alkanes) is 1. The van der Waals surface area contributed by atoms with Crippen molar-refractivity contribution in [2.75, 3.05) is 19.6 Å². The van der Waals surface area contributed by atoms with Gasteiger partial charge in [-0.3, -0.25) is 4.79 Å². The van der Waals surface area contributed by atoms with E-state index in [1.165, 1.54) is 32.4 Å². The molecule has 1 saturated heterocycles. The fraction of sp³-hybridized carbons (Fsp3) is 0.917. The molecule has 1 unspecified atom stereocenters. The molecular formula is C12H22N2O. The standard InChI is InChI=1S/C12H22N2O/c15-12(11-4-5-11)14-7-2-1-3-10-6-8-13-9-10/h10-11,13H,1-9H2,(H,14,15). The molecule has 1 amide bonds. The molecule has 86 valence electrons. The van der Waals surface area contributed by atoms with E-state index in [0.29, 0.717) is 5.92 Å². The SMILES string of the molecule is O=C(NCCCCC1CCNC1)C1CC1. The second-order valence-electron chi connectivity index (χ2n) is 4.92. The highest BCUT2D eigenvalue weighted by Crippen LogP contribution is 2.28. The molecule has 0 radical (unpaired) electrons. The summed E-state index contributed by atoms with van der Waals surface area (Å²) in [5.41, 5.74) is 0. The summed E-state index contributed by atoms with van der Waals surface area (Å²) in [6.45, 7) is 3.28. The fourth-order valence-corrected chi connectivity index (χ4v) is 2.22. The van der Waals surface area contributed by atoms with Gasteiger partial charge in [0, 0.05) is 12.5 Å². The fourth-order valence-electron chi connectivity index (χ4n) is 2.22. The van der Waals surface area contributed by atoms with Crippen molar-refractivity contribution in [1.82, 2.24) is 10.6 Å². The number of carbonyl (C=O) groups is 1. The first-order chi connectivity index (χ1) is 7.36. The molecular weight excluding hydrogens is 188 g/mol. The predicted octanol–water partition coefficient (Wildman–Crippen LogP) is 1.29. The van der Waals surface area contributed by atoms with Crippen LogP contribution >= 0.6 is 0 Å². The molecule has 1 heterocycles. The Kier molecular flexibility index (Phi) is 4.01. The number of hydrogen-bond acceptors (Lipinski definition) is 2. The zero-order valence-electron chi connectivity index (χ0n) is 9.43. The first kappa shape index (κ1) is 10.9. The third kappa shape index (κ3) is 3.82. The number of nitrogens with one attached hydrogen (secondary N) is 2. The minimum atomic E-state index is 0.289. The van der Waals surface area contributed by atoms with E-state index in [0.717, 1.165) is 31.7 Å². The molecule has 0 aromatic heterocycles. The van der Waals surface area contributed by atoms with E-state index in [1.807, 2.05) is 0 Å². The summed E-state index contributed by atoms with van der Waals surface area (Å²) in [5.74, 6) is 1.55.